The van der Waals surface area contributed by atoms with Gasteiger partial charge in [-0.2, -0.15) is 0 Å². The quantitative estimate of drug-likeness (QED) is 0.819. The molecule has 1 heteroatoms. The summed E-state index contributed by atoms with van der Waals surface area (Å²) in [7, 11) is 0. The van der Waals surface area contributed by atoms with Gasteiger partial charge in [0.2, 0.25) is 0 Å². The molecule has 0 heterocycles. The molecule has 1 aliphatic carbocycles. The normalized spacial score (nSPS) is 23.1. The molecule has 1 saturated carbocycles. The second-order valence-electron chi connectivity index (χ2n) is 5.21. The second-order valence-corrected chi connectivity index (χ2v) is 5.21. The van der Waals surface area contributed by atoms with Crippen molar-refractivity contribution in [3.05, 3.63) is 65.7 Å². The number of rotatable bonds is 2. The van der Waals surface area contributed by atoms with Crippen LogP contribution in [0, 0.1) is 0 Å². The van der Waals surface area contributed by atoms with Gasteiger partial charge in [0.25, 0.3) is 0 Å². The fourth-order valence-corrected chi connectivity index (χ4v) is 3.06. The van der Waals surface area contributed by atoms with Gasteiger partial charge in [0.1, 0.15) is 5.75 Å². The summed E-state index contributed by atoms with van der Waals surface area (Å²) < 4.78 is 0. The van der Waals surface area contributed by atoms with Crippen LogP contribution in [0.5, 0.6) is 5.75 Å². The fourth-order valence-electron chi connectivity index (χ4n) is 3.06. The Morgan fingerprint density at radius 1 is 0.722 bits per heavy atom. The molecule has 2 unspecified atom stereocenters. The van der Waals surface area contributed by atoms with E-state index in [4.69, 9.17) is 0 Å². The standard InChI is InChI=1S/C17H18O/c18-17-10-8-14(9-11-17)16-7-6-15(12-16)13-4-2-1-3-5-13/h1-5,8-11,15-16,18H,6-7,12H2. The van der Waals surface area contributed by atoms with Crippen molar-refractivity contribution in [1.82, 2.24) is 0 Å². The molecular formula is C17H18O. The van der Waals surface area contributed by atoms with Crippen LogP contribution in [0.3, 0.4) is 0 Å². The summed E-state index contributed by atoms with van der Waals surface area (Å²) in [4.78, 5) is 0. The van der Waals surface area contributed by atoms with E-state index >= 15 is 0 Å². The first kappa shape index (κ1) is 11.3. The van der Waals surface area contributed by atoms with Crippen molar-refractivity contribution in [2.24, 2.45) is 0 Å². The summed E-state index contributed by atoms with van der Waals surface area (Å²) in [6.45, 7) is 0. The minimum absolute atomic E-state index is 0.358. The first-order valence-corrected chi connectivity index (χ1v) is 6.67. The van der Waals surface area contributed by atoms with E-state index in [-0.39, 0.29) is 0 Å². The van der Waals surface area contributed by atoms with Gasteiger partial charge in [0.15, 0.2) is 0 Å². The van der Waals surface area contributed by atoms with Crippen molar-refractivity contribution in [3.63, 3.8) is 0 Å². The monoisotopic (exact) mass is 238 g/mol. The molecule has 1 N–H and O–H groups in total. The Kier molecular flexibility index (Phi) is 3.06. The van der Waals surface area contributed by atoms with Crippen LogP contribution in [-0.4, -0.2) is 5.11 Å². The molecule has 2 aromatic rings. The van der Waals surface area contributed by atoms with E-state index in [1.165, 1.54) is 30.4 Å². The van der Waals surface area contributed by atoms with Crippen LogP contribution in [0.1, 0.15) is 42.2 Å². The van der Waals surface area contributed by atoms with Crippen LogP contribution in [0.2, 0.25) is 0 Å². The number of phenols is 1. The van der Waals surface area contributed by atoms with Crippen LogP contribution < -0.4 is 0 Å². The molecule has 0 spiro atoms. The number of phenolic OH excluding ortho intramolecular Hbond substituents is 1. The summed E-state index contributed by atoms with van der Waals surface area (Å²) in [5.41, 5.74) is 2.84. The highest BCUT2D eigenvalue weighted by atomic mass is 16.3. The van der Waals surface area contributed by atoms with Crippen LogP contribution in [0.4, 0.5) is 0 Å². The molecular weight excluding hydrogens is 220 g/mol. The van der Waals surface area contributed by atoms with Crippen molar-refractivity contribution in [3.8, 4) is 5.75 Å². The first-order valence-electron chi connectivity index (χ1n) is 6.67. The van der Waals surface area contributed by atoms with E-state index in [0.29, 0.717) is 17.6 Å². The molecule has 0 bridgehead atoms. The van der Waals surface area contributed by atoms with Gasteiger partial charge in [-0.15, -0.1) is 0 Å². The summed E-state index contributed by atoms with van der Waals surface area (Å²) in [6.07, 6.45) is 3.76. The average molecular weight is 238 g/mol. The predicted molar refractivity (Wildman–Crippen MR) is 73.9 cm³/mol. The third-order valence-corrected chi connectivity index (χ3v) is 4.07. The molecule has 92 valence electrons. The lowest BCUT2D eigenvalue weighted by atomic mass is 9.93. The van der Waals surface area contributed by atoms with Crippen LogP contribution in [0.15, 0.2) is 54.6 Å². The van der Waals surface area contributed by atoms with Crippen molar-refractivity contribution < 1.29 is 5.11 Å². The van der Waals surface area contributed by atoms with Crippen LogP contribution in [-0.2, 0) is 0 Å². The molecule has 1 nitrogen and oxygen atoms in total. The minimum Gasteiger partial charge on any atom is -0.508 e. The molecule has 3 rings (SSSR count). The summed E-state index contributed by atoms with van der Waals surface area (Å²) >= 11 is 0. The maximum absolute atomic E-state index is 9.33. The zero-order valence-electron chi connectivity index (χ0n) is 10.4. The van der Waals surface area contributed by atoms with Crippen LogP contribution in [0.25, 0.3) is 0 Å². The van der Waals surface area contributed by atoms with Crippen molar-refractivity contribution in [2.45, 2.75) is 31.1 Å². The summed E-state index contributed by atoms with van der Waals surface area (Å²) in [6, 6.07) is 18.5. The Balaban J connectivity index is 1.74. The topological polar surface area (TPSA) is 20.2 Å². The molecule has 2 atom stereocenters. The van der Waals surface area contributed by atoms with E-state index in [1.807, 2.05) is 0 Å². The van der Waals surface area contributed by atoms with Crippen LogP contribution >= 0.6 is 0 Å². The number of hydrogen-bond acceptors (Lipinski definition) is 1. The van der Waals surface area contributed by atoms with Gasteiger partial charge in [0, 0.05) is 0 Å². The highest BCUT2D eigenvalue weighted by Crippen LogP contribution is 2.43. The summed E-state index contributed by atoms with van der Waals surface area (Å²) in [5.74, 6) is 1.71. The molecule has 0 radical (unpaired) electrons. The highest BCUT2D eigenvalue weighted by molar-refractivity contribution is 5.30. The number of benzene rings is 2. The van der Waals surface area contributed by atoms with Crippen molar-refractivity contribution in [2.75, 3.05) is 0 Å². The molecule has 1 aliphatic rings. The van der Waals surface area contributed by atoms with E-state index < -0.39 is 0 Å². The van der Waals surface area contributed by atoms with Crippen molar-refractivity contribution >= 4 is 0 Å². The lowest BCUT2D eigenvalue weighted by Gasteiger charge is -2.12. The third-order valence-electron chi connectivity index (χ3n) is 4.07. The van der Waals surface area contributed by atoms with E-state index in [1.54, 1.807) is 12.1 Å². The maximum atomic E-state index is 9.33. The SMILES string of the molecule is Oc1ccc(C2CCC(c3ccccc3)C2)cc1. The molecule has 2 aromatic carbocycles. The Labute approximate surface area is 108 Å². The largest absolute Gasteiger partial charge is 0.508 e. The van der Waals surface area contributed by atoms with Gasteiger partial charge in [0.05, 0.1) is 0 Å². The minimum atomic E-state index is 0.358. The molecule has 1 fully saturated rings. The third kappa shape index (κ3) is 2.26. The first-order chi connectivity index (χ1) is 8.83. The summed E-state index contributed by atoms with van der Waals surface area (Å²) in [5, 5.41) is 9.33. The zero-order valence-corrected chi connectivity index (χ0v) is 10.4. The van der Waals surface area contributed by atoms with Gasteiger partial charge in [-0.05, 0) is 54.4 Å². The Morgan fingerprint density at radius 2 is 1.28 bits per heavy atom. The maximum Gasteiger partial charge on any atom is 0.115 e. The predicted octanol–water partition coefficient (Wildman–Crippen LogP) is 4.44. The smallest absolute Gasteiger partial charge is 0.115 e. The Morgan fingerprint density at radius 3 is 1.89 bits per heavy atom. The van der Waals surface area contributed by atoms with Gasteiger partial charge < -0.3 is 5.11 Å². The molecule has 0 aromatic heterocycles. The number of hydrogen-bond donors (Lipinski definition) is 1. The Bertz CT molecular complexity index is 501. The van der Waals surface area contributed by atoms with Gasteiger partial charge in [-0.1, -0.05) is 42.5 Å². The highest BCUT2D eigenvalue weighted by Gasteiger charge is 2.26. The molecule has 0 aliphatic heterocycles. The van der Waals surface area contributed by atoms with E-state index in [0.717, 1.165) is 0 Å². The van der Waals surface area contributed by atoms with Crippen molar-refractivity contribution in [1.29, 1.82) is 0 Å². The zero-order chi connectivity index (χ0) is 12.4. The number of aromatic hydroxyl groups is 1. The second kappa shape index (κ2) is 4.85. The van der Waals surface area contributed by atoms with Gasteiger partial charge in [-0.3, -0.25) is 0 Å². The van der Waals surface area contributed by atoms with Gasteiger partial charge in [-0.25, -0.2) is 0 Å². The van der Waals surface area contributed by atoms with E-state index in [9.17, 15) is 5.11 Å². The fraction of sp³-hybridized carbons (Fsp3) is 0.294. The molecule has 18 heavy (non-hydrogen) atoms. The van der Waals surface area contributed by atoms with Gasteiger partial charge >= 0.3 is 0 Å². The van der Waals surface area contributed by atoms with E-state index in [2.05, 4.69) is 42.5 Å². The molecule has 0 saturated heterocycles. The molecule has 0 amide bonds. The average Bonchev–Trinajstić information content (AvgIpc) is 2.90. The Hall–Kier alpha value is -1.76. The lowest BCUT2D eigenvalue weighted by Crippen LogP contribution is -1.95. The lowest BCUT2D eigenvalue weighted by molar-refractivity contribution is 0.475.